The van der Waals surface area contributed by atoms with Crippen LogP contribution in [0.1, 0.15) is 16.7 Å². The number of aromatic amines is 1. The van der Waals surface area contributed by atoms with Crippen molar-refractivity contribution in [3.05, 3.63) is 59.3 Å². The fourth-order valence-corrected chi connectivity index (χ4v) is 3.13. The molecule has 4 rings (SSSR count). The second kappa shape index (κ2) is 8.54. The Labute approximate surface area is 183 Å². The highest BCUT2D eigenvalue weighted by atomic mass is 16.5. The van der Waals surface area contributed by atoms with E-state index < -0.39 is 0 Å². The number of hydrogen-bond acceptors (Lipinski definition) is 8. The first-order valence-corrected chi connectivity index (χ1v) is 9.53. The monoisotopic (exact) mass is 426 g/mol. The van der Waals surface area contributed by atoms with Crippen LogP contribution in [0.15, 0.2) is 42.6 Å². The van der Waals surface area contributed by atoms with Gasteiger partial charge in [0.05, 0.1) is 37.5 Å². The average molecular weight is 426 g/mol. The van der Waals surface area contributed by atoms with Crippen LogP contribution in [0.4, 0.5) is 11.6 Å². The molecular weight excluding hydrogens is 408 g/mol. The number of rotatable bonds is 6. The molecule has 0 atom stereocenters. The molecule has 0 aliphatic rings. The molecule has 2 aromatic carbocycles. The number of nitrogens with one attached hydrogen (secondary N) is 2. The van der Waals surface area contributed by atoms with E-state index in [9.17, 15) is 5.26 Å². The Morgan fingerprint density at radius 1 is 0.938 bits per heavy atom. The van der Waals surface area contributed by atoms with E-state index in [1.807, 2.05) is 13.1 Å². The standard InChI is InChI=1S/C23H18N6O3/c1-13-12-26-20-19(13)28-23(27-16-6-4-14(10-24)5-7-16)29-22(20)32-21-17(30-2)8-15(11-25)9-18(21)31-3/h4-9,12,26H,1-3H3,(H,27,28,29). The summed E-state index contributed by atoms with van der Waals surface area (Å²) in [4.78, 5) is 12.2. The second-order valence-corrected chi connectivity index (χ2v) is 6.79. The van der Waals surface area contributed by atoms with Crippen molar-refractivity contribution < 1.29 is 14.2 Å². The average Bonchev–Trinajstić information content (AvgIpc) is 3.20. The molecule has 0 radical (unpaired) electrons. The molecule has 2 N–H and O–H groups in total. The summed E-state index contributed by atoms with van der Waals surface area (Å²) in [6.07, 6.45) is 1.81. The zero-order valence-electron chi connectivity index (χ0n) is 17.6. The molecule has 0 spiro atoms. The molecule has 32 heavy (non-hydrogen) atoms. The molecule has 0 aliphatic carbocycles. The summed E-state index contributed by atoms with van der Waals surface area (Å²) < 4.78 is 17.0. The van der Waals surface area contributed by atoms with E-state index in [-0.39, 0.29) is 11.6 Å². The fraction of sp³-hybridized carbons (Fsp3) is 0.130. The molecule has 0 fully saturated rings. The van der Waals surface area contributed by atoms with Gasteiger partial charge in [-0.05, 0) is 36.8 Å². The van der Waals surface area contributed by atoms with Crippen LogP contribution in [0.2, 0.25) is 0 Å². The summed E-state index contributed by atoms with van der Waals surface area (Å²) in [5.74, 6) is 1.51. The number of nitriles is 2. The van der Waals surface area contributed by atoms with Crippen molar-refractivity contribution in [1.29, 1.82) is 10.5 Å². The third kappa shape index (κ3) is 3.83. The van der Waals surface area contributed by atoms with Crippen molar-refractivity contribution in [3.8, 4) is 35.3 Å². The van der Waals surface area contributed by atoms with Gasteiger partial charge in [-0.1, -0.05) is 0 Å². The Kier molecular flexibility index (Phi) is 5.47. The van der Waals surface area contributed by atoms with E-state index in [0.29, 0.717) is 39.6 Å². The van der Waals surface area contributed by atoms with Crippen LogP contribution >= 0.6 is 0 Å². The lowest BCUT2D eigenvalue weighted by molar-refractivity contribution is 0.343. The van der Waals surface area contributed by atoms with Crippen LogP contribution in [-0.2, 0) is 0 Å². The van der Waals surface area contributed by atoms with E-state index >= 15 is 0 Å². The van der Waals surface area contributed by atoms with Crippen molar-refractivity contribution in [3.63, 3.8) is 0 Å². The van der Waals surface area contributed by atoms with Crippen LogP contribution in [0, 0.1) is 29.6 Å². The fourth-order valence-electron chi connectivity index (χ4n) is 3.13. The van der Waals surface area contributed by atoms with E-state index in [2.05, 4.69) is 32.4 Å². The third-order valence-corrected chi connectivity index (χ3v) is 4.74. The molecule has 158 valence electrons. The molecule has 4 aromatic rings. The summed E-state index contributed by atoms with van der Waals surface area (Å²) in [6.45, 7) is 1.92. The van der Waals surface area contributed by atoms with Gasteiger partial charge in [-0.2, -0.15) is 15.5 Å². The molecule has 0 amide bonds. The predicted octanol–water partition coefficient (Wildman–Crippen LogP) is 4.56. The third-order valence-electron chi connectivity index (χ3n) is 4.74. The van der Waals surface area contributed by atoms with Gasteiger partial charge in [0, 0.05) is 24.0 Å². The van der Waals surface area contributed by atoms with Crippen molar-refractivity contribution >= 4 is 22.7 Å². The summed E-state index contributed by atoms with van der Waals surface area (Å²) in [5.41, 5.74) is 3.83. The van der Waals surface area contributed by atoms with Gasteiger partial charge in [-0.15, -0.1) is 0 Å². The van der Waals surface area contributed by atoms with Crippen LogP contribution < -0.4 is 19.5 Å². The van der Waals surface area contributed by atoms with Crippen LogP contribution in [0.5, 0.6) is 23.1 Å². The van der Waals surface area contributed by atoms with Gasteiger partial charge in [0.1, 0.15) is 11.0 Å². The van der Waals surface area contributed by atoms with Crippen molar-refractivity contribution in [1.82, 2.24) is 15.0 Å². The number of H-pyrrole nitrogens is 1. The molecule has 0 aliphatic heterocycles. The van der Waals surface area contributed by atoms with E-state index in [4.69, 9.17) is 19.5 Å². The summed E-state index contributed by atoms with van der Waals surface area (Å²) in [6, 6.07) is 14.2. The van der Waals surface area contributed by atoms with E-state index in [1.165, 1.54) is 14.2 Å². The number of aryl methyl sites for hydroxylation is 1. The molecule has 9 heteroatoms. The smallest absolute Gasteiger partial charge is 0.249 e. The van der Waals surface area contributed by atoms with Crippen molar-refractivity contribution in [2.45, 2.75) is 6.92 Å². The van der Waals surface area contributed by atoms with E-state index in [0.717, 1.165) is 11.3 Å². The minimum absolute atomic E-state index is 0.251. The maximum Gasteiger partial charge on any atom is 0.249 e. The minimum Gasteiger partial charge on any atom is -0.493 e. The molecule has 0 saturated carbocycles. The van der Waals surface area contributed by atoms with Crippen molar-refractivity contribution in [2.75, 3.05) is 19.5 Å². The quantitative estimate of drug-likeness (QED) is 0.459. The Hall–Kier alpha value is -4.76. The SMILES string of the molecule is COc1cc(C#N)cc(OC)c1Oc1nc(Nc2ccc(C#N)cc2)nc2c(C)c[nH]c12. The Bertz CT molecular complexity index is 1360. The number of nitrogens with zero attached hydrogens (tertiary/aromatic N) is 4. The molecule has 0 bridgehead atoms. The Balaban J connectivity index is 1.79. The molecule has 2 heterocycles. The second-order valence-electron chi connectivity index (χ2n) is 6.79. The number of anilines is 2. The van der Waals surface area contributed by atoms with Crippen molar-refractivity contribution in [2.24, 2.45) is 0 Å². The number of methoxy groups -OCH3 is 2. The predicted molar refractivity (Wildman–Crippen MR) is 117 cm³/mol. The Morgan fingerprint density at radius 2 is 1.59 bits per heavy atom. The summed E-state index contributed by atoms with van der Waals surface area (Å²) in [5, 5.41) is 21.4. The zero-order chi connectivity index (χ0) is 22.7. The van der Waals surface area contributed by atoms with Gasteiger partial charge < -0.3 is 24.5 Å². The summed E-state index contributed by atoms with van der Waals surface area (Å²) >= 11 is 0. The Morgan fingerprint density at radius 3 is 2.19 bits per heavy atom. The first kappa shape index (κ1) is 20.5. The maximum atomic E-state index is 9.26. The lowest BCUT2D eigenvalue weighted by Crippen LogP contribution is -2.02. The minimum atomic E-state index is 0.251. The largest absolute Gasteiger partial charge is 0.493 e. The lowest BCUT2D eigenvalue weighted by atomic mass is 10.2. The van der Waals surface area contributed by atoms with Crippen LogP contribution in [0.3, 0.4) is 0 Å². The highest BCUT2D eigenvalue weighted by Crippen LogP contribution is 2.42. The number of benzene rings is 2. The number of fused-ring (bicyclic) bond motifs is 1. The van der Waals surface area contributed by atoms with Crippen LogP contribution in [-0.4, -0.2) is 29.2 Å². The van der Waals surface area contributed by atoms with Gasteiger partial charge in [0.2, 0.25) is 17.6 Å². The topological polar surface area (TPSA) is 129 Å². The van der Waals surface area contributed by atoms with Gasteiger partial charge in [0.25, 0.3) is 0 Å². The molecule has 9 nitrogen and oxygen atoms in total. The number of ether oxygens (including phenoxy) is 3. The first-order valence-electron chi connectivity index (χ1n) is 9.53. The van der Waals surface area contributed by atoms with Gasteiger partial charge in [0.15, 0.2) is 11.5 Å². The van der Waals surface area contributed by atoms with Gasteiger partial charge in [-0.25, -0.2) is 4.98 Å². The van der Waals surface area contributed by atoms with Crippen LogP contribution in [0.25, 0.3) is 11.0 Å². The molecule has 0 saturated heterocycles. The molecular formula is C23H18N6O3. The van der Waals surface area contributed by atoms with Gasteiger partial charge >= 0.3 is 0 Å². The number of aromatic nitrogens is 3. The highest BCUT2D eigenvalue weighted by molar-refractivity contribution is 5.85. The maximum absolute atomic E-state index is 9.26. The lowest BCUT2D eigenvalue weighted by Gasteiger charge is -2.15. The number of hydrogen-bond donors (Lipinski definition) is 2. The van der Waals surface area contributed by atoms with E-state index in [1.54, 1.807) is 36.4 Å². The van der Waals surface area contributed by atoms with Gasteiger partial charge in [-0.3, -0.25) is 0 Å². The summed E-state index contributed by atoms with van der Waals surface area (Å²) in [7, 11) is 2.96. The molecule has 2 aromatic heterocycles. The molecule has 0 unspecified atom stereocenters. The highest BCUT2D eigenvalue weighted by Gasteiger charge is 2.20. The zero-order valence-corrected chi connectivity index (χ0v) is 17.6. The normalized spacial score (nSPS) is 10.3. The first-order chi connectivity index (χ1) is 15.6.